The maximum atomic E-state index is 12.7. The van der Waals surface area contributed by atoms with Gasteiger partial charge in [-0.05, 0) is 13.8 Å². The summed E-state index contributed by atoms with van der Waals surface area (Å²) >= 11 is 0. The Morgan fingerprint density at radius 1 is 1.42 bits per heavy atom. The number of urea groups is 1. The summed E-state index contributed by atoms with van der Waals surface area (Å²) in [5, 5.41) is 10.2. The Hall–Kier alpha value is -1.51. The quantitative estimate of drug-likeness (QED) is 0.787. The highest BCUT2D eigenvalue weighted by Gasteiger charge is 2.58. The van der Waals surface area contributed by atoms with Crippen LogP contribution in [-0.4, -0.2) is 59.5 Å². The zero-order chi connectivity index (χ0) is 14.8. The largest absolute Gasteiger partial charge is 0.479 e. The third-order valence-electron chi connectivity index (χ3n) is 2.88. The van der Waals surface area contributed by atoms with Gasteiger partial charge in [-0.2, -0.15) is 13.2 Å². The molecule has 2 atom stereocenters. The van der Waals surface area contributed by atoms with Crippen LogP contribution in [0.1, 0.15) is 13.8 Å². The number of halogens is 3. The summed E-state index contributed by atoms with van der Waals surface area (Å²) in [5.74, 6) is -2.16. The van der Waals surface area contributed by atoms with Crippen molar-refractivity contribution in [1.82, 2.24) is 10.2 Å². The lowest BCUT2D eigenvalue weighted by Gasteiger charge is -2.35. The second-order valence-electron chi connectivity index (χ2n) is 4.49. The molecule has 1 aliphatic rings. The maximum Gasteiger partial charge on any atom is 0.422 e. The number of amides is 2. The SMILES string of the molecule is CC1CN(C(=O)NC(C)(C(=O)O)C(F)(F)F)CCO1. The summed E-state index contributed by atoms with van der Waals surface area (Å²) in [6.07, 6.45) is -5.40. The molecule has 0 radical (unpaired) electrons. The smallest absolute Gasteiger partial charge is 0.422 e. The van der Waals surface area contributed by atoms with E-state index < -0.39 is 23.7 Å². The van der Waals surface area contributed by atoms with E-state index in [1.807, 2.05) is 0 Å². The standard InChI is InChI=1S/C10H15F3N2O4/c1-6-5-15(3-4-19-6)8(18)14-9(2,7(16)17)10(11,12)13/h6H,3-5H2,1-2H3,(H,14,18)(H,16,17). The third-order valence-corrected chi connectivity index (χ3v) is 2.88. The van der Waals surface area contributed by atoms with Crippen LogP contribution in [0.2, 0.25) is 0 Å². The number of carboxylic acid groups (broad SMARTS) is 1. The molecule has 0 aromatic heterocycles. The van der Waals surface area contributed by atoms with Crippen LogP contribution in [0.5, 0.6) is 0 Å². The zero-order valence-electron chi connectivity index (χ0n) is 10.5. The average molecular weight is 284 g/mol. The molecule has 19 heavy (non-hydrogen) atoms. The maximum absolute atomic E-state index is 12.7. The van der Waals surface area contributed by atoms with Crippen LogP contribution in [0, 0.1) is 0 Å². The number of hydrogen-bond acceptors (Lipinski definition) is 3. The highest BCUT2D eigenvalue weighted by Crippen LogP contribution is 2.30. The van der Waals surface area contributed by atoms with Gasteiger partial charge in [0.1, 0.15) is 0 Å². The lowest BCUT2D eigenvalue weighted by molar-refractivity contribution is -0.203. The summed E-state index contributed by atoms with van der Waals surface area (Å²) in [5.41, 5.74) is -3.31. The molecule has 6 nitrogen and oxygen atoms in total. The van der Waals surface area contributed by atoms with E-state index in [1.54, 1.807) is 6.92 Å². The van der Waals surface area contributed by atoms with Gasteiger partial charge in [-0.25, -0.2) is 9.59 Å². The average Bonchev–Trinajstić information content (AvgIpc) is 2.27. The molecule has 0 aliphatic carbocycles. The monoisotopic (exact) mass is 284 g/mol. The van der Waals surface area contributed by atoms with E-state index in [4.69, 9.17) is 9.84 Å². The summed E-state index contributed by atoms with van der Waals surface area (Å²) in [6, 6.07) is -1.07. The Balaban J connectivity index is 2.80. The molecule has 1 rings (SSSR count). The summed E-state index contributed by atoms with van der Waals surface area (Å²) < 4.78 is 43.3. The van der Waals surface area contributed by atoms with Crippen molar-refractivity contribution in [3.05, 3.63) is 0 Å². The lowest BCUT2D eigenvalue weighted by atomic mass is 10.0. The molecule has 2 amide bonds. The number of nitrogens with one attached hydrogen (secondary N) is 1. The summed E-state index contributed by atoms with van der Waals surface area (Å²) in [7, 11) is 0. The predicted octanol–water partition coefficient (Wildman–Crippen LogP) is 0.822. The van der Waals surface area contributed by atoms with Crippen LogP contribution in [0.25, 0.3) is 0 Å². The molecular weight excluding hydrogens is 269 g/mol. The Morgan fingerprint density at radius 2 is 2.00 bits per heavy atom. The second kappa shape index (κ2) is 5.24. The molecule has 1 aliphatic heterocycles. The Kier molecular flexibility index (Phi) is 4.28. The molecule has 0 bridgehead atoms. The van der Waals surface area contributed by atoms with Crippen LogP contribution in [-0.2, 0) is 9.53 Å². The summed E-state index contributed by atoms with van der Waals surface area (Å²) in [6.45, 7) is 2.50. The van der Waals surface area contributed by atoms with Gasteiger partial charge in [-0.3, -0.25) is 0 Å². The first-order valence-electron chi connectivity index (χ1n) is 5.56. The fourth-order valence-corrected chi connectivity index (χ4v) is 1.54. The highest BCUT2D eigenvalue weighted by molar-refractivity contribution is 5.86. The van der Waals surface area contributed by atoms with Gasteiger partial charge in [-0.15, -0.1) is 0 Å². The molecule has 110 valence electrons. The molecule has 2 N–H and O–H groups in total. The van der Waals surface area contributed by atoms with Crippen LogP contribution < -0.4 is 5.32 Å². The van der Waals surface area contributed by atoms with Crippen LogP contribution >= 0.6 is 0 Å². The van der Waals surface area contributed by atoms with E-state index >= 15 is 0 Å². The van der Waals surface area contributed by atoms with Gasteiger partial charge in [0.25, 0.3) is 0 Å². The minimum absolute atomic E-state index is 0.111. The molecule has 1 heterocycles. The van der Waals surface area contributed by atoms with Gasteiger partial charge in [-0.1, -0.05) is 0 Å². The van der Waals surface area contributed by atoms with E-state index in [2.05, 4.69) is 0 Å². The molecule has 1 fully saturated rings. The number of carbonyl (C=O) groups is 2. The van der Waals surface area contributed by atoms with Crippen LogP contribution in [0.15, 0.2) is 0 Å². The lowest BCUT2D eigenvalue weighted by Crippen LogP contribution is -2.65. The van der Waals surface area contributed by atoms with Crippen molar-refractivity contribution < 1.29 is 32.6 Å². The molecular formula is C10H15F3N2O4. The number of ether oxygens (including phenoxy) is 1. The number of rotatable bonds is 2. The van der Waals surface area contributed by atoms with Crippen molar-refractivity contribution in [3.63, 3.8) is 0 Å². The minimum Gasteiger partial charge on any atom is -0.479 e. The van der Waals surface area contributed by atoms with Crippen LogP contribution in [0.4, 0.5) is 18.0 Å². The van der Waals surface area contributed by atoms with Gasteiger partial charge in [0.05, 0.1) is 12.7 Å². The van der Waals surface area contributed by atoms with Crippen LogP contribution in [0.3, 0.4) is 0 Å². The van der Waals surface area contributed by atoms with Crippen molar-refractivity contribution in [2.24, 2.45) is 0 Å². The molecule has 0 aromatic carbocycles. The van der Waals surface area contributed by atoms with Gasteiger partial charge < -0.3 is 20.1 Å². The molecule has 0 aromatic rings. The van der Waals surface area contributed by atoms with Crippen molar-refractivity contribution in [1.29, 1.82) is 0 Å². The van der Waals surface area contributed by atoms with E-state index in [-0.39, 0.29) is 25.8 Å². The fraction of sp³-hybridized carbons (Fsp3) is 0.800. The molecule has 0 spiro atoms. The minimum atomic E-state index is -5.09. The Morgan fingerprint density at radius 3 is 2.42 bits per heavy atom. The topological polar surface area (TPSA) is 78.9 Å². The number of carboxylic acids is 1. The number of morpholine rings is 1. The van der Waals surface area contributed by atoms with E-state index in [0.717, 1.165) is 4.90 Å². The first kappa shape index (κ1) is 15.5. The normalized spacial score (nSPS) is 23.6. The fourth-order valence-electron chi connectivity index (χ4n) is 1.54. The predicted molar refractivity (Wildman–Crippen MR) is 57.6 cm³/mol. The van der Waals surface area contributed by atoms with Crippen molar-refractivity contribution in [3.8, 4) is 0 Å². The number of alkyl halides is 3. The van der Waals surface area contributed by atoms with E-state index in [0.29, 0.717) is 6.92 Å². The Bertz CT molecular complexity index is 374. The van der Waals surface area contributed by atoms with Gasteiger partial charge in [0.15, 0.2) is 0 Å². The summed E-state index contributed by atoms with van der Waals surface area (Å²) in [4.78, 5) is 23.6. The van der Waals surface area contributed by atoms with Crippen molar-refractivity contribution >= 4 is 12.0 Å². The van der Waals surface area contributed by atoms with Crippen molar-refractivity contribution in [2.75, 3.05) is 19.7 Å². The highest BCUT2D eigenvalue weighted by atomic mass is 19.4. The molecule has 0 saturated carbocycles. The Labute approximate surface area is 107 Å². The zero-order valence-corrected chi connectivity index (χ0v) is 10.5. The number of aliphatic carboxylic acids is 1. The third kappa shape index (κ3) is 3.28. The van der Waals surface area contributed by atoms with E-state index in [1.165, 1.54) is 5.32 Å². The van der Waals surface area contributed by atoms with Gasteiger partial charge in [0, 0.05) is 13.1 Å². The first-order chi connectivity index (χ1) is 8.58. The van der Waals surface area contributed by atoms with Crippen molar-refractivity contribution in [2.45, 2.75) is 31.7 Å². The molecule has 2 unspecified atom stereocenters. The second-order valence-corrected chi connectivity index (χ2v) is 4.49. The molecule has 9 heteroatoms. The number of hydrogen-bond donors (Lipinski definition) is 2. The van der Waals surface area contributed by atoms with Gasteiger partial charge >= 0.3 is 18.2 Å². The number of nitrogens with zero attached hydrogens (tertiary/aromatic N) is 1. The van der Waals surface area contributed by atoms with Gasteiger partial charge in [0.2, 0.25) is 5.54 Å². The first-order valence-corrected chi connectivity index (χ1v) is 5.56. The van der Waals surface area contributed by atoms with E-state index in [9.17, 15) is 22.8 Å². The molecule has 1 saturated heterocycles. The number of carbonyl (C=O) groups excluding carboxylic acids is 1.